The van der Waals surface area contributed by atoms with E-state index in [-0.39, 0.29) is 5.63 Å². The van der Waals surface area contributed by atoms with Crippen molar-refractivity contribution in [3.8, 4) is 0 Å². The van der Waals surface area contributed by atoms with Gasteiger partial charge in [-0.25, -0.2) is 4.79 Å². The molecule has 0 radical (unpaired) electrons. The van der Waals surface area contributed by atoms with E-state index in [1.165, 1.54) is 11.1 Å². The molecule has 2 N–H and O–H groups in total. The number of fused-ring (bicyclic) bond motifs is 1. The van der Waals surface area contributed by atoms with Crippen molar-refractivity contribution in [2.24, 2.45) is 0 Å². The Morgan fingerprint density at radius 2 is 2.13 bits per heavy atom. The van der Waals surface area contributed by atoms with Gasteiger partial charge in [-0.3, -0.25) is 0 Å². The van der Waals surface area contributed by atoms with Gasteiger partial charge in [0.1, 0.15) is 24.8 Å². The van der Waals surface area contributed by atoms with Gasteiger partial charge < -0.3 is 14.5 Å². The lowest BCUT2D eigenvalue weighted by Crippen LogP contribution is -2.84. The Morgan fingerprint density at radius 3 is 2.83 bits per heavy atom. The van der Waals surface area contributed by atoms with Crippen molar-refractivity contribution in [1.29, 1.82) is 0 Å². The molecule has 2 heterocycles. The average molecular weight is 316 g/mol. The Hall–Kier alpha value is -1.65. The van der Waals surface area contributed by atoms with Gasteiger partial charge in [-0.1, -0.05) is 13.8 Å². The lowest BCUT2D eigenvalue weighted by Gasteiger charge is -2.13. The number of ether oxygens (including phenoxy) is 1. The second kappa shape index (κ2) is 6.85. The molecule has 1 aliphatic heterocycles. The summed E-state index contributed by atoms with van der Waals surface area (Å²) in [6, 6.07) is 5.82. The van der Waals surface area contributed by atoms with Crippen molar-refractivity contribution >= 4 is 11.0 Å². The van der Waals surface area contributed by atoms with E-state index in [0.29, 0.717) is 17.6 Å². The van der Waals surface area contributed by atoms with Gasteiger partial charge in [-0.05, 0) is 48.9 Å². The van der Waals surface area contributed by atoms with Crippen molar-refractivity contribution in [3.05, 3.63) is 45.3 Å². The molecule has 3 rings (SSSR count). The Morgan fingerprint density at radius 1 is 1.30 bits per heavy atom. The van der Waals surface area contributed by atoms with Crippen LogP contribution >= 0.6 is 0 Å². The maximum absolute atomic E-state index is 11.8. The third-order valence-electron chi connectivity index (χ3n) is 4.66. The third kappa shape index (κ3) is 3.65. The number of nitrogens with two attached hydrogens (primary N) is 1. The maximum Gasteiger partial charge on any atom is 0.336 e. The standard InChI is InChI=1S/C19H25NO3/c1-12(2)16-9-17-14(10-20-11-15-5-4-6-22-15)8-19(21)23-18(17)7-13(16)3/h7-9,12,15,20H,4-6,10-11H2,1-3H3/p+1/t15-/m0/s1. The van der Waals surface area contributed by atoms with Crippen LogP contribution in [0, 0.1) is 6.92 Å². The molecular formula is C19H26NO3+. The molecule has 1 aromatic heterocycles. The molecule has 1 saturated heterocycles. The summed E-state index contributed by atoms with van der Waals surface area (Å²) in [4.78, 5) is 11.8. The fourth-order valence-electron chi connectivity index (χ4n) is 3.44. The first-order chi connectivity index (χ1) is 11.0. The van der Waals surface area contributed by atoms with Gasteiger partial charge in [0.25, 0.3) is 0 Å². The molecule has 124 valence electrons. The normalized spacial score (nSPS) is 18.2. The molecule has 0 bridgehead atoms. The Balaban J connectivity index is 1.88. The molecule has 0 aliphatic carbocycles. The molecule has 4 heteroatoms. The highest BCUT2D eigenvalue weighted by Crippen LogP contribution is 2.26. The zero-order valence-electron chi connectivity index (χ0n) is 14.2. The van der Waals surface area contributed by atoms with Gasteiger partial charge in [0, 0.05) is 23.6 Å². The quantitative estimate of drug-likeness (QED) is 0.862. The number of hydrogen-bond acceptors (Lipinski definition) is 3. The molecule has 1 atom stereocenters. The fourth-order valence-corrected chi connectivity index (χ4v) is 3.44. The SMILES string of the molecule is Cc1cc2oc(=O)cc(C[NH2+]C[C@@H]3CCCO3)c2cc1C(C)C. The fraction of sp³-hybridized carbons (Fsp3) is 0.526. The predicted octanol–water partition coefficient (Wildman–Crippen LogP) is 2.47. The number of rotatable bonds is 5. The number of benzene rings is 1. The summed E-state index contributed by atoms with van der Waals surface area (Å²) < 4.78 is 11.1. The van der Waals surface area contributed by atoms with Gasteiger partial charge in [0.05, 0.1) is 0 Å². The van der Waals surface area contributed by atoms with Crippen LogP contribution in [0.4, 0.5) is 0 Å². The summed E-state index contributed by atoms with van der Waals surface area (Å²) in [5.74, 6) is 0.454. The van der Waals surface area contributed by atoms with Crippen LogP contribution in [0.25, 0.3) is 11.0 Å². The largest absolute Gasteiger partial charge is 0.423 e. The van der Waals surface area contributed by atoms with Crippen molar-refractivity contribution < 1.29 is 14.5 Å². The lowest BCUT2D eigenvalue weighted by atomic mass is 9.95. The first-order valence-electron chi connectivity index (χ1n) is 8.55. The third-order valence-corrected chi connectivity index (χ3v) is 4.66. The molecule has 1 aliphatic rings. The van der Waals surface area contributed by atoms with Crippen molar-refractivity contribution in [2.45, 2.75) is 52.2 Å². The van der Waals surface area contributed by atoms with Crippen LogP contribution < -0.4 is 10.9 Å². The van der Waals surface area contributed by atoms with E-state index in [4.69, 9.17) is 9.15 Å². The average Bonchev–Trinajstić information content (AvgIpc) is 2.99. The van der Waals surface area contributed by atoms with E-state index < -0.39 is 0 Å². The van der Waals surface area contributed by atoms with Gasteiger partial charge in [0.15, 0.2) is 0 Å². The zero-order chi connectivity index (χ0) is 16.4. The molecule has 23 heavy (non-hydrogen) atoms. The topological polar surface area (TPSA) is 56.0 Å². The van der Waals surface area contributed by atoms with Gasteiger partial charge >= 0.3 is 5.63 Å². The van der Waals surface area contributed by atoms with E-state index in [9.17, 15) is 4.79 Å². The van der Waals surface area contributed by atoms with Crippen molar-refractivity contribution in [2.75, 3.05) is 13.2 Å². The van der Waals surface area contributed by atoms with Crippen LogP contribution in [0.2, 0.25) is 0 Å². The summed E-state index contributed by atoms with van der Waals surface area (Å²) in [6.45, 7) is 9.07. The van der Waals surface area contributed by atoms with Crippen molar-refractivity contribution in [3.63, 3.8) is 0 Å². The maximum atomic E-state index is 11.8. The van der Waals surface area contributed by atoms with E-state index in [1.807, 2.05) is 6.07 Å². The van der Waals surface area contributed by atoms with Gasteiger partial charge in [-0.2, -0.15) is 0 Å². The van der Waals surface area contributed by atoms with Gasteiger partial charge in [0.2, 0.25) is 0 Å². The van der Waals surface area contributed by atoms with Crippen LogP contribution in [0.15, 0.2) is 27.4 Å². The van der Waals surface area contributed by atoms with Crippen LogP contribution in [-0.4, -0.2) is 19.3 Å². The molecule has 0 unspecified atom stereocenters. The van der Waals surface area contributed by atoms with Crippen LogP contribution in [0.3, 0.4) is 0 Å². The molecule has 1 aromatic carbocycles. The summed E-state index contributed by atoms with van der Waals surface area (Å²) in [7, 11) is 0. The minimum atomic E-state index is -0.269. The highest BCUT2D eigenvalue weighted by molar-refractivity contribution is 5.82. The molecule has 0 spiro atoms. The second-order valence-corrected chi connectivity index (χ2v) is 6.81. The molecular weight excluding hydrogens is 290 g/mol. The van der Waals surface area contributed by atoms with E-state index in [2.05, 4.69) is 32.2 Å². The second-order valence-electron chi connectivity index (χ2n) is 6.81. The number of quaternary nitrogens is 1. The molecule has 0 amide bonds. The summed E-state index contributed by atoms with van der Waals surface area (Å²) in [6.07, 6.45) is 2.66. The van der Waals surface area contributed by atoms with E-state index >= 15 is 0 Å². The predicted molar refractivity (Wildman–Crippen MR) is 90.8 cm³/mol. The minimum absolute atomic E-state index is 0.269. The Bertz CT molecular complexity index is 742. The monoisotopic (exact) mass is 316 g/mol. The zero-order valence-corrected chi connectivity index (χ0v) is 14.2. The first-order valence-corrected chi connectivity index (χ1v) is 8.55. The highest BCUT2D eigenvalue weighted by atomic mass is 16.5. The number of aryl methyl sites for hydroxylation is 1. The number of hydrogen-bond donors (Lipinski definition) is 1. The van der Waals surface area contributed by atoms with Gasteiger partial charge in [-0.15, -0.1) is 0 Å². The first kappa shape index (κ1) is 16.2. The highest BCUT2D eigenvalue weighted by Gasteiger charge is 2.17. The Labute approximate surface area is 136 Å². The molecule has 2 aromatic rings. The summed E-state index contributed by atoms with van der Waals surface area (Å²) >= 11 is 0. The summed E-state index contributed by atoms with van der Waals surface area (Å²) in [5.41, 5.74) is 3.97. The van der Waals surface area contributed by atoms with Crippen LogP contribution in [0.5, 0.6) is 0 Å². The lowest BCUT2D eigenvalue weighted by molar-refractivity contribution is -0.676. The molecule has 4 nitrogen and oxygen atoms in total. The Kier molecular flexibility index (Phi) is 4.83. The van der Waals surface area contributed by atoms with E-state index in [0.717, 1.165) is 43.5 Å². The smallest absolute Gasteiger partial charge is 0.336 e. The van der Waals surface area contributed by atoms with Crippen LogP contribution in [-0.2, 0) is 11.3 Å². The summed E-state index contributed by atoms with van der Waals surface area (Å²) in [5, 5.41) is 3.29. The molecule has 1 fully saturated rings. The van der Waals surface area contributed by atoms with E-state index in [1.54, 1.807) is 6.07 Å². The van der Waals surface area contributed by atoms with Crippen LogP contribution in [0.1, 0.15) is 49.3 Å². The molecule has 0 saturated carbocycles. The minimum Gasteiger partial charge on any atom is -0.423 e. The van der Waals surface area contributed by atoms with Crippen molar-refractivity contribution in [1.82, 2.24) is 0 Å².